The minimum absolute atomic E-state index is 0.0446. The van der Waals surface area contributed by atoms with Crippen LogP contribution < -0.4 is 0 Å². The summed E-state index contributed by atoms with van der Waals surface area (Å²) in [6, 6.07) is 2.86. The van der Waals surface area contributed by atoms with Gasteiger partial charge in [0.05, 0.1) is 11.5 Å². The van der Waals surface area contributed by atoms with Crippen molar-refractivity contribution in [2.75, 3.05) is 0 Å². The Kier molecular flexibility index (Phi) is 8.97. The van der Waals surface area contributed by atoms with Gasteiger partial charge in [-0.25, -0.2) is 4.99 Å². The van der Waals surface area contributed by atoms with Crippen LogP contribution in [-0.2, 0) is 0 Å². The number of aliphatic imine (C=N–C) groups is 2. The van der Waals surface area contributed by atoms with E-state index in [1.807, 2.05) is 19.1 Å². The van der Waals surface area contributed by atoms with Crippen molar-refractivity contribution in [1.82, 2.24) is 0 Å². The quantitative estimate of drug-likeness (QED) is 0.339. The van der Waals surface area contributed by atoms with E-state index in [0.717, 1.165) is 31.4 Å². The van der Waals surface area contributed by atoms with Crippen LogP contribution in [0.15, 0.2) is 46.1 Å². The fourth-order valence-corrected chi connectivity index (χ4v) is 1.77. The maximum atomic E-state index is 4.45. The molecular formula is C20H34N2. The summed E-state index contributed by atoms with van der Waals surface area (Å²) in [4.78, 5) is 8.75. The molecule has 0 amide bonds. The average molecular weight is 303 g/mol. The van der Waals surface area contributed by atoms with Gasteiger partial charge in [-0.15, -0.1) is 0 Å². The number of nitrogens with zero attached hydrogens (tertiary/aromatic N) is 2. The Morgan fingerprint density at radius 1 is 1.05 bits per heavy atom. The third-order valence-corrected chi connectivity index (χ3v) is 4.51. The smallest absolute Gasteiger partial charge is 0.0951 e. The molecule has 0 spiro atoms. The van der Waals surface area contributed by atoms with Gasteiger partial charge in [0.1, 0.15) is 0 Å². The first-order valence-corrected chi connectivity index (χ1v) is 8.39. The summed E-state index contributed by atoms with van der Waals surface area (Å²) >= 11 is 0. The molecule has 0 aromatic carbocycles. The van der Waals surface area contributed by atoms with Gasteiger partial charge in [0.15, 0.2) is 0 Å². The van der Waals surface area contributed by atoms with Crippen LogP contribution in [0.3, 0.4) is 0 Å². The van der Waals surface area contributed by atoms with Gasteiger partial charge in [0, 0.05) is 5.70 Å². The lowest BCUT2D eigenvalue weighted by molar-refractivity contribution is 0.351. The predicted molar refractivity (Wildman–Crippen MR) is 99.6 cm³/mol. The number of hydrogen-bond acceptors (Lipinski definition) is 2. The zero-order valence-electron chi connectivity index (χ0n) is 15.7. The molecule has 0 fully saturated rings. The summed E-state index contributed by atoms with van der Waals surface area (Å²) in [6.07, 6.45) is 10.2. The maximum absolute atomic E-state index is 4.45. The topological polar surface area (TPSA) is 24.7 Å². The van der Waals surface area contributed by atoms with E-state index in [-0.39, 0.29) is 5.54 Å². The van der Waals surface area contributed by atoms with Crippen molar-refractivity contribution in [2.45, 2.75) is 79.7 Å². The fraction of sp³-hybridized carbons (Fsp3) is 0.650. The molecule has 0 saturated heterocycles. The molecule has 2 nitrogen and oxygen atoms in total. The Morgan fingerprint density at radius 3 is 2.09 bits per heavy atom. The largest absolute Gasteiger partial charge is 0.219 e. The van der Waals surface area contributed by atoms with Crippen molar-refractivity contribution in [2.24, 2.45) is 15.4 Å². The van der Waals surface area contributed by atoms with Crippen LogP contribution in [0.25, 0.3) is 0 Å². The second-order valence-electron chi connectivity index (χ2n) is 6.98. The molecule has 0 saturated carbocycles. The van der Waals surface area contributed by atoms with Gasteiger partial charge < -0.3 is 0 Å². The van der Waals surface area contributed by atoms with Crippen LogP contribution in [-0.4, -0.2) is 11.5 Å². The molecule has 22 heavy (non-hydrogen) atoms. The molecule has 0 radical (unpaired) electrons. The van der Waals surface area contributed by atoms with Gasteiger partial charge in [-0.1, -0.05) is 59.8 Å². The van der Waals surface area contributed by atoms with Crippen LogP contribution in [0, 0.1) is 5.41 Å². The number of hydrogen-bond donors (Lipinski definition) is 0. The van der Waals surface area contributed by atoms with Crippen LogP contribution in [0.1, 0.15) is 74.1 Å². The Balaban J connectivity index is 5.01. The van der Waals surface area contributed by atoms with Crippen LogP contribution >= 0.6 is 0 Å². The first kappa shape index (κ1) is 20.6. The molecule has 0 bridgehead atoms. The lowest BCUT2D eigenvalue weighted by Crippen LogP contribution is -2.18. The minimum atomic E-state index is -0.0446. The molecule has 0 N–H and O–H groups in total. The highest BCUT2D eigenvalue weighted by atomic mass is 14.9. The molecule has 0 aliphatic rings. The Hall–Kier alpha value is -1.40. The number of allylic oxidation sites excluding steroid dienone is 5. The first-order valence-electron chi connectivity index (χ1n) is 8.39. The standard InChI is InChI=1S/C20H34N2/c1-9-18(15-19(6,7)10-2)14-13-17(5)21-16-22-20(8,11-3)12-4/h9,13-14H,1,10-12,15H2,2-8H3/b17-13+,18-14-. The molecule has 0 atom stereocenters. The maximum Gasteiger partial charge on any atom is 0.0951 e. The van der Waals surface area contributed by atoms with E-state index in [2.05, 4.69) is 70.2 Å². The van der Waals surface area contributed by atoms with Gasteiger partial charge in [0.25, 0.3) is 0 Å². The molecule has 0 aromatic rings. The number of rotatable bonds is 9. The summed E-state index contributed by atoms with van der Waals surface area (Å²) in [7, 11) is 0. The monoisotopic (exact) mass is 302 g/mol. The second kappa shape index (κ2) is 9.58. The second-order valence-corrected chi connectivity index (χ2v) is 6.98. The van der Waals surface area contributed by atoms with E-state index in [1.54, 1.807) is 0 Å². The molecule has 124 valence electrons. The van der Waals surface area contributed by atoms with E-state index in [1.165, 1.54) is 5.57 Å². The van der Waals surface area contributed by atoms with Gasteiger partial charge in [-0.3, -0.25) is 0 Å². The summed E-state index contributed by atoms with van der Waals surface area (Å²) in [5.74, 6) is 0. The van der Waals surface area contributed by atoms with Gasteiger partial charge in [-0.05, 0) is 50.2 Å². The highest BCUT2D eigenvalue weighted by Gasteiger charge is 2.17. The zero-order chi connectivity index (χ0) is 17.2. The van der Waals surface area contributed by atoms with E-state index in [9.17, 15) is 0 Å². The molecule has 0 unspecified atom stereocenters. The fourth-order valence-electron chi connectivity index (χ4n) is 1.77. The van der Waals surface area contributed by atoms with Gasteiger partial charge in [0.2, 0.25) is 0 Å². The van der Waals surface area contributed by atoms with Crippen molar-refractivity contribution in [3.05, 3.63) is 36.1 Å². The zero-order valence-corrected chi connectivity index (χ0v) is 15.7. The summed E-state index contributed by atoms with van der Waals surface area (Å²) in [6.45, 7) is 19.1. The summed E-state index contributed by atoms with van der Waals surface area (Å²) in [5, 5.41) is 0. The first-order chi connectivity index (χ1) is 10.2. The van der Waals surface area contributed by atoms with E-state index >= 15 is 0 Å². The van der Waals surface area contributed by atoms with E-state index in [0.29, 0.717) is 5.41 Å². The van der Waals surface area contributed by atoms with Gasteiger partial charge >= 0.3 is 0 Å². The Morgan fingerprint density at radius 2 is 1.64 bits per heavy atom. The van der Waals surface area contributed by atoms with Crippen LogP contribution in [0.4, 0.5) is 0 Å². The SMILES string of the molecule is C=C/C(=C/C=C(\C)N=C=NC(C)(CC)CC)CC(C)(C)CC. The van der Waals surface area contributed by atoms with E-state index < -0.39 is 0 Å². The minimum Gasteiger partial charge on any atom is -0.219 e. The highest BCUT2D eigenvalue weighted by Crippen LogP contribution is 2.29. The van der Waals surface area contributed by atoms with Crippen LogP contribution in [0.5, 0.6) is 0 Å². The van der Waals surface area contributed by atoms with E-state index in [4.69, 9.17) is 0 Å². The normalized spacial score (nSPS) is 13.6. The molecule has 0 heterocycles. The molecule has 0 aliphatic carbocycles. The lowest BCUT2D eigenvalue weighted by Gasteiger charge is -2.22. The average Bonchev–Trinajstić information content (AvgIpc) is 2.51. The molecule has 0 aliphatic heterocycles. The summed E-state index contributed by atoms with van der Waals surface area (Å²) < 4.78 is 0. The van der Waals surface area contributed by atoms with Crippen molar-refractivity contribution < 1.29 is 0 Å². The van der Waals surface area contributed by atoms with Crippen molar-refractivity contribution in [3.63, 3.8) is 0 Å². The molecule has 0 rings (SSSR count). The third-order valence-electron chi connectivity index (χ3n) is 4.51. The summed E-state index contributed by atoms with van der Waals surface area (Å²) in [5.41, 5.74) is 2.41. The molecule has 2 heteroatoms. The molecule has 0 aromatic heterocycles. The highest BCUT2D eigenvalue weighted by molar-refractivity contribution is 5.45. The van der Waals surface area contributed by atoms with Crippen molar-refractivity contribution in [1.29, 1.82) is 0 Å². The lowest BCUT2D eigenvalue weighted by atomic mass is 9.83. The molecular weight excluding hydrogens is 268 g/mol. The van der Waals surface area contributed by atoms with Crippen molar-refractivity contribution >= 4 is 6.01 Å². The van der Waals surface area contributed by atoms with Crippen LogP contribution in [0.2, 0.25) is 0 Å². The third kappa shape index (κ3) is 8.14. The Bertz CT molecular complexity index is 468. The van der Waals surface area contributed by atoms with Gasteiger partial charge in [-0.2, -0.15) is 4.99 Å². The Labute approximate surface area is 137 Å². The van der Waals surface area contributed by atoms with Crippen molar-refractivity contribution in [3.8, 4) is 0 Å². The predicted octanol–water partition coefficient (Wildman–Crippen LogP) is 6.58.